The number of halogens is 1. The second-order valence-electron chi connectivity index (χ2n) is 7.33. The highest BCUT2D eigenvalue weighted by Crippen LogP contribution is 2.30. The van der Waals surface area contributed by atoms with E-state index >= 15 is 0 Å². The van der Waals surface area contributed by atoms with E-state index in [1.54, 1.807) is 6.20 Å². The highest BCUT2D eigenvalue weighted by molar-refractivity contribution is 6.31. The minimum atomic E-state index is -0.118. The van der Waals surface area contributed by atoms with Gasteiger partial charge in [-0.3, -0.25) is 4.79 Å². The van der Waals surface area contributed by atoms with Crippen molar-refractivity contribution in [3.63, 3.8) is 0 Å². The predicted molar refractivity (Wildman–Crippen MR) is 115 cm³/mol. The number of nitrogens with zero attached hydrogens (tertiary/aromatic N) is 4. The molecule has 0 radical (unpaired) electrons. The molecule has 8 heteroatoms. The predicted octanol–water partition coefficient (Wildman–Crippen LogP) is 3.88. The first-order chi connectivity index (χ1) is 14.7. The summed E-state index contributed by atoms with van der Waals surface area (Å²) in [6, 6.07) is 11.3. The van der Waals surface area contributed by atoms with Gasteiger partial charge in [-0.15, -0.1) is 0 Å². The first-order valence-corrected chi connectivity index (χ1v) is 10.6. The molecular weight excluding hydrogens is 402 g/mol. The number of nitrogens with one attached hydrogen (secondary N) is 1. The minimum absolute atomic E-state index is 0.0323. The number of anilines is 1. The van der Waals surface area contributed by atoms with Crippen molar-refractivity contribution in [3.05, 3.63) is 59.1 Å². The van der Waals surface area contributed by atoms with Gasteiger partial charge in [-0.25, -0.2) is 4.98 Å². The van der Waals surface area contributed by atoms with Crippen LogP contribution >= 0.6 is 11.6 Å². The quantitative estimate of drug-likeness (QED) is 0.645. The Morgan fingerprint density at radius 3 is 2.97 bits per heavy atom. The monoisotopic (exact) mass is 425 g/mol. The molecule has 1 N–H and O–H groups in total. The molecule has 3 aromatic rings. The van der Waals surface area contributed by atoms with Crippen LogP contribution in [0.15, 0.2) is 47.1 Å². The Hall–Kier alpha value is -2.93. The molecule has 156 valence electrons. The highest BCUT2D eigenvalue weighted by Gasteiger charge is 2.28. The largest absolute Gasteiger partial charge is 0.355 e. The van der Waals surface area contributed by atoms with Crippen LogP contribution in [0, 0.1) is 5.92 Å². The first-order valence-electron chi connectivity index (χ1n) is 10.2. The average molecular weight is 426 g/mol. The molecule has 1 amide bonds. The molecule has 30 heavy (non-hydrogen) atoms. The molecule has 1 aromatic carbocycles. The molecule has 1 aliphatic rings. The molecule has 7 nitrogen and oxygen atoms in total. The maximum atomic E-state index is 12.8. The third-order valence-corrected chi connectivity index (χ3v) is 5.67. The molecule has 4 rings (SSSR count). The van der Waals surface area contributed by atoms with E-state index in [4.69, 9.17) is 16.1 Å². The van der Waals surface area contributed by atoms with Crippen LogP contribution in [0.1, 0.15) is 31.2 Å². The molecule has 2 aromatic heterocycles. The highest BCUT2D eigenvalue weighted by atomic mass is 35.5. The van der Waals surface area contributed by atoms with Gasteiger partial charge >= 0.3 is 0 Å². The molecule has 0 bridgehead atoms. The SMILES string of the molecule is CCc1nc(-c2cccnc2N2CCC[C@H](C(=O)NCc3ccccc3Cl)C2)no1. The van der Waals surface area contributed by atoms with Crippen LogP contribution in [0.3, 0.4) is 0 Å². The number of rotatable bonds is 6. The third kappa shape index (κ3) is 4.46. The van der Waals surface area contributed by atoms with Crippen molar-refractivity contribution in [1.29, 1.82) is 0 Å². The number of carbonyl (C=O) groups excluding carboxylic acids is 1. The van der Waals surface area contributed by atoms with E-state index in [1.165, 1.54) is 0 Å². The molecule has 0 unspecified atom stereocenters. The lowest BCUT2D eigenvalue weighted by molar-refractivity contribution is -0.125. The standard InChI is InChI=1S/C22H24ClN5O2/c1-2-19-26-20(27-30-19)17-9-5-11-24-21(17)28-12-6-8-16(14-28)22(29)25-13-15-7-3-4-10-18(15)23/h3-5,7,9-11,16H,2,6,8,12-14H2,1H3,(H,25,29)/t16-/m0/s1. The molecule has 0 aliphatic carbocycles. The van der Waals surface area contributed by atoms with Gasteiger partial charge in [0, 0.05) is 37.3 Å². The van der Waals surface area contributed by atoms with E-state index in [2.05, 4.69) is 25.3 Å². The van der Waals surface area contributed by atoms with Crippen molar-refractivity contribution in [2.24, 2.45) is 5.92 Å². The summed E-state index contributed by atoms with van der Waals surface area (Å²) in [5.41, 5.74) is 1.73. The zero-order chi connectivity index (χ0) is 20.9. The number of pyridine rings is 1. The lowest BCUT2D eigenvalue weighted by atomic mass is 9.96. The lowest BCUT2D eigenvalue weighted by Crippen LogP contribution is -2.43. The second-order valence-corrected chi connectivity index (χ2v) is 7.74. The number of piperidine rings is 1. The molecule has 0 saturated carbocycles. The van der Waals surface area contributed by atoms with Gasteiger partial charge in [0.25, 0.3) is 0 Å². The fraction of sp³-hybridized carbons (Fsp3) is 0.364. The van der Waals surface area contributed by atoms with Crippen LogP contribution in [0.5, 0.6) is 0 Å². The van der Waals surface area contributed by atoms with Crippen molar-refractivity contribution in [2.75, 3.05) is 18.0 Å². The lowest BCUT2D eigenvalue weighted by Gasteiger charge is -2.33. The van der Waals surface area contributed by atoms with Gasteiger partial charge in [0.2, 0.25) is 17.6 Å². The summed E-state index contributed by atoms with van der Waals surface area (Å²) in [7, 11) is 0. The van der Waals surface area contributed by atoms with E-state index in [1.807, 2.05) is 43.3 Å². The average Bonchev–Trinajstić information content (AvgIpc) is 3.28. The number of aryl methyl sites for hydroxylation is 1. The Morgan fingerprint density at radius 2 is 2.17 bits per heavy atom. The summed E-state index contributed by atoms with van der Waals surface area (Å²) >= 11 is 6.20. The van der Waals surface area contributed by atoms with Crippen LogP contribution in [0.4, 0.5) is 5.82 Å². The summed E-state index contributed by atoms with van der Waals surface area (Å²) in [5, 5.41) is 7.78. The molecule has 1 aliphatic heterocycles. The van der Waals surface area contributed by atoms with Gasteiger partial charge in [0.15, 0.2) is 0 Å². The Balaban J connectivity index is 1.46. The fourth-order valence-corrected chi connectivity index (χ4v) is 3.89. The Kier molecular flexibility index (Phi) is 6.28. The van der Waals surface area contributed by atoms with E-state index in [9.17, 15) is 4.79 Å². The zero-order valence-electron chi connectivity index (χ0n) is 16.8. The number of amides is 1. The van der Waals surface area contributed by atoms with Crippen LogP contribution in [-0.2, 0) is 17.8 Å². The van der Waals surface area contributed by atoms with Gasteiger partial charge in [0.1, 0.15) is 5.82 Å². The molecule has 1 atom stereocenters. The van der Waals surface area contributed by atoms with E-state index < -0.39 is 0 Å². The number of benzene rings is 1. The van der Waals surface area contributed by atoms with Crippen molar-refractivity contribution in [1.82, 2.24) is 20.4 Å². The third-order valence-electron chi connectivity index (χ3n) is 5.30. The topological polar surface area (TPSA) is 84.2 Å². The maximum absolute atomic E-state index is 12.8. The smallest absolute Gasteiger partial charge is 0.226 e. The summed E-state index contributed by atoms with van der Waals surface area (Å²) in [6.07, 6.45) is 4.18. The Labute approximate surface area is 180 Å². The second kappa shape index (κ2) is 9.26. The summed E-state index contributed by atoms with van der Waals surface area (Å²) in [4.78, 5) is 24.0. The van der Waals surface area contributed by atoms with Gasteiger partial charge in [0.05, 0.1) is 11.5 Å². The maximum Gasteiger partial charge on any atom is 0.226 e. The normalized spacial score (nSPS) is 16.5. The zero-order valence-corrected chi connectivity index (χ0v) is 17.6. The molecular formula is C22H24ClN5O2. The molecule has 1 saturated heterocycles. The van der Waals surface area contributed by atoms with Crippen LogP contribution in [0.2, 0.25) is 5.02 Å². The number of hydrogen-bond donors (Lipinski definition) is 1. The van der Waals surface area contributed by atoms with E-state index in [-0.39, 0.29) is 11.8 Å². The van der Waals surface area contributed by atoms with Crippen LogP contribution < -0.4 is 10.2 Å². The van der Waals surface area contributed by atoms with Gasteiger partial charge in [-0.05, 0) is 36.6 Å². The van der Waals surface area contributed by atoms with Gasteiger partial charge in [-0.1, -0.05) is 41.9 Å². The van der Waals surface area contributed by atoms with Gasteiger partial charge in [-0.2, -0.15) is 4.98 Å². The van der Waals surface area contributed by atoms with Crippen LogP contribution in [-0.4, -0.2) is 34.1 Å². The van der Waals surface area contributed by atoms with Crippen molar-refractivity contribution >= 4 is 23.3 Å². The Morgan fingerprint density at radius 1 is 1.30 bits per heavy atom. The molecule has 1 fully saturated rings. The summed E-state index contributed by atoms with van der Waals surface area (Å²) in [5.74, 6) is 1.82. The van der Waals surface area contributed by atoms with Crippen molar-refractivity contribution in [3.8, 4) is 11.4 Å². The number of aromatic nitrogens is 3. The molecule has 0 spiro atoms. The van der Waals surface area contributed by atoms with Crippen LogP contribution in [0.25, 0.3) is 11.4 Å². The fourth-order valence-electron chi connectivity index (χ4n) is 3.68. The van der Waals surface area contributed by atoms with E-state index in [0.29, 0.717) is 36.2 Å². The van der Waals surface area contributed by atoms with Crippen molar-refractivity contribution in [2.45, 2.75) is 32.7 Å². The molecule has 3 heterocycles. The van der Waals surface area contributed by atoms with Crippen molar-refractivity contribution < 1.29 is 9.32 Å². The number of hydrogen-bond acceptors (Lipinski definition) is 6. The minimum Gasteiger partial charge on any atom is -0.355 e. The first kappa shape index (κ1) is 20.3. The number of carbonyl (C=O) groups is 1. The summed E-state index contributed by atoms with van der Waals surface area (Å²) < 4.78 is 5.27. The van der Waals surface area contributed by atoms with E-state index in [0.717, 1.165) is 36.3 Å². The Bertz CT molecular complexity index is 1020. The summed E-state index contributed by atoms with van der Waals surface area (Å²) in [6.45, 7) is 3.82. The van der Waals surface area contributed by atoms with Gasteiger partial charge < -0.3 is 14.7 Å².